The van der Waals surface area contributed by atoms with Gasteiger partial charge in [-0.3, -0.25) is 4.21 Å². The van der Waals surface area contributed by atoms with Gasteiger partial charge in [0.25, 0.3) is 0 Å². The van der Waals surface area contributed by atoms with Gasteiger partial charge < -0.3 is 15.8 Å². The van der Waals surface area contributed by atoms with E-state index in [9.17, 15) is 4.21 Å². The van der Waals surface area contributed by atoms with E-state index in [2.05, 4.69) is 15.3 Å². The first-order valence-corrected chi connectivity index (χ1v) is 8.01. The van der Waals surface area contributed by atoms with Crippen LogP contribution in [0.15, 0.2) is 6.07 Å². The van der Waals surface area contributed by atoms with Crippen LogP contribution in [0.1, 0.15) is 26.1 Å². The minimum Gasteiger partial charge on any atom is -0.384 e. The zero-order valence-corrected chi connectivity index (χ0v) is 12.5. The van der Waals surface area contributed by atoms with Crippen LogP contribution in [0.25, 0.3) is 0 Å². The maximum absolute atomic E-state index is 11.0. The second kappa shape index (κ2) is 8.06. The number of anilines is 2. The SMILES string of the molecule is CCOCc1nc(N)cc(NC(C)CCS(C)=O)n1. The molecule has 0 radical (unpaired) electrons. The molecule has 2 unspecified atom stereocenters. The van der Waals surface area contributed by atoms with E-state index < -0.39 is 10.8 Å². The van der Waals surface area contributed by atoms with Gasteiger partial charge in [0.1, 0.15) is 18.2 Å². The molecule has 0 saturated heterocycles. The van der Waals surface area contributed by atoms with Gasteiger partial charge in [-0.1, -0.05) is 0 Å². The van der Waals surface area contributed by atoms with E-state index in [4.69, 9.17) is 10.5 Å². The zero-order valence-electron chi connectivity index (χ0n) is 11.7. The minimum absolute atomic E-state index is 0.179. The Morgan fingerprint density at radius 2 is 2.26 bits per heavy atom. The van der Waals surface area contributed by atoms with Crippen molar-refractivity contribution in [2.45, 2.75) is 32.9 Å². The van der Waals surface area contributed by atoms with Crippen LogP contribution in [0.4, 0.5) is 11.6 Å². The highest BCUT2D eigenvalue weighted by atomic mass is 32.2. The third-order valence-electron chi connectivity index (χ3n) is 2.46. The van der Waals surface area contributed by atoms with Crippen molar-refractivity contribution >= 4 is 22.4 Å². The molecule has 0 aliphatic heterocycles. The normalized spacial score (nSPS) is 14.1. The molecule has 1 rings (SSSR count). The predicted molar refractivity (Wildman–Crippen MR) is 78.4 cm³/mol. The molecule has 0 spiro atoms. The van der Waals surface area contributed by atoms with Crippen LogP contribution in [-0.4, -0.2) is 38.8 Å². The van der Waals surface area contributed by atoms with Gasteiger partial charge in [-0.15, -0.1) is 0 Å². The van der Waals surface area contributed by atoms with Crippen molar-refractivity contribution in [2.24, 2.45) is 0 Å². The van der Waals surface area contributed by atoms with Crippen molar-refractivity contribution in [1.82, 2.24) is 9.97 Å². The van der Waals surface area contributed by atoms with E-state index in [-0.39, 0.29) is 6.04 Å². The van der Waals surface area contributed by atoms with Crippen LogP contribution >= 0.6 is 0 Å². The predicted octanol–water partition coefficient (Wildman–Crippen LogP) is 1.16. The fourth-order valence-corrected chi connectivity index (χ4v) is 2.20. The molecule has 0 aliphatic carbocycles. The first-order valence-electron chi connectivity index (χ1n) is 6.29. The van der Waals surface area contributed by atoms with Gasteiger partial charge in [0.15, 0.2) is 5.82 Å². The first kappa shape index (κ1) is 15.8. The topological polar surface area (TPSA) is 90.1 Å². The largest absolute Gasteiger partial charge is 0.384 e. The maximum atomic E-state index is 11.0. The summed E-state index contributed by atoms with van der Waals surface area (Å²) in [4.78, 5) is 8.44. The summed E-state index contributed by atoms with van der Waals surface area (Å²) in [7, 11) is -0.775. The average molecular weight is 286 g/mol. The molecule has 0 aliphatic rings. The van der Waals surface area contributed by atoms with E-state index in [0.717, 1.165) is 6.42 Å². The second-order valence-electron chi connectivity index (χ2n) is 4.34. The summed E-state index contributed by atoms with van der Waals surface area (Å²) in [6, 6.07) is 1.87. The molecule has 6 nitrogen and oxygen atoms in total. The Hall–Kier alpha value is -1.21. The van der Waals surface area contributed by atoms with E-state index in [0.29, 0.717) is 36.4 Å². The smallest absolute Gasteiger partial charge is 0.158 e. The lowest BCUT2D eigenvalue weighted by Gasteiger charge is -2.14. The monoisotopic (exact) mass is 286 g/mol. The lowest BCUT2D eigenvalue weighted by molar-refractivity contribution is 0.128. The molecule has 3 N–H and O–H groups in total. The molecule has 0 aromatic carbocycles. The molecule has 1 heterocycles. The Morgan fingerprint density at radius 3 is 2.89 bits per heavy atom. The van der Waals surface area contributed by atoms with Gasteiger partial charge in [0.05, 0.1) is 0 Å². The van der Waals surface area contributed by atoms with Gasteiger partial charge in [0.2, 0.25) is 0 Å². The van der Waals surface area contributed by atoms with Crippen molar-refractivity contribution in [1.29, 1.82) is 0 Å². The zero-order chi connectivity index (χ0) is 14.3. The molecule has 0 bridgehead atoms. The average Bonchev–Trinajstić information content (AvgIpc) is 2.33. The van der Waals surface area contributed by atoms with E-state index in [1.54, 1.807) is 12.3 Å². The number of nitrogen functional groups attached to an aromatic ring is 1. The van der Waals surface area contributed by atoms with Crippen molar-refractivity contribution in [3.63, 3.8) is 0 Å². The van der Waals surface area contributed by atoms with Crippen molar-refractivity contribution in [3.8, 4) is 0 Å². The molecule has 0 amide bonds. The number of nitrogens with two attached hydrogens (primary N) is 1. The Balaban J connectivity index is 2.61. The van der Waals surface area contributed by atoms with Crippen LogP contribution in [0.3, 0.4) is 0 Å². The number of hydrogen-bond donors (Lipinski definition) is 2. The maximum Gasteiger partial charge on any atom is 0.158 e. The fourth-order valence-electron chi connectivity index (χ4n) is 1.52. The first-order chi connectivity index (χ1) is 9.01. The van der Waals surface area contributed by atoms with Crippen LogP contribution < -0.4 is 11.1 Å². The summed E-state index contributed by atoms with van der Waals surface area (Å²) in [5.74, 6) is 2.33. The molecule has 108 valence electrons. The summed E-state index contributed by atoms with van der Waals surface area (Å²) in [5, 5.41) is 3.23. The Morgan fingerprint density at radius 1 is 1.53 bits per heavy atom. The van der Waals surface area contributed by atoms with E-state index >= 15 is 0 Å². The van der Waals surface area contributed by atoms with Gasteiger partial charge in [-0.25, -0.2) is 9.97 Å². The number of ether oxygens (including phenoxy) is 1. The molecule has 1 aromatic heterocycles. The summed E-state index contributed by atoms with van der Waals surface area (Å²) in [6.45, 7) is 4.90. The molecule has 19 heavy (non-hydrogen) atoms. The Labute approximate surface area is 116 Å². The third kappa shape index (κ3) is 6.49. The summed E-state index contributed by atoms with van der Waals surface area (Å²) < 4.78 is 16.3. The number of aromatic nitrogens is 2. The number of nitrogens with one attached hydrogen (secondary N) is 1. The molecule has 1 aromatic rings. The lowest BCUT2D eigenvalue weighted by Crippen LogP contribution is -2.19. The highest BCUT2D eigenvalue weighted by molar-refractivity contribution is 7.84. The number of rotatable bonds is 8. The van der Waals surface area contributed by atoms with Crippen LogP contribution in [0.5, 0.6) is 0 Å². The highest BCUT2D eigenvalue weighted by Gasteiger charge is 2.07. The lowest BCUT2D eigenvalue weighted by atomic mass is 10.2. The van der Waals surface area contributed by atoms with Gasteiger partial charge in [-0.05, 0) is 20.3 Å². The standard InChI is InChI=1S/C12H22N4O2S/c1-4-18-8-12-15-10(13)7-11(16-12)14-9(2)5-6-19(3)17/h7,9H,4-6,8H2,1-3H3,(H3,13,14,15,16). The van der Waals surface area contributed by atoms with Crippen LogP contribution in [-0.2, 0) is 22.1 Å². The fraction of sp³-hybridized carbons (Fsp3) is 0.667. The molecular formula is C12H22N4O2S. The van der Waals surface area contributed by atoms with Gasteiger partial charge >= 0.3 is 0 Å². The molecular weight excluding hydrogens is 264 g/mol. The van der Waals surface area contributed by atoms with Crippen LogP contribution in [0, 0.1) is 0 Å². The number of hydrogen-bond acceptors (Lipinski definition) is 6. The summed E-state index contributed by atoms with van der Waals surface area (Å²) >= 11 is 0. The minimum atomic E-state index is -0.775. The van der Waals surface area contributed by atoms with E-state index in [1.807, 2.05) is 13.8 Å². The third-order valence-corrected chi connectivity index (χ3v) is 3.27. The van der Waals surface area contributed by atoms with Crippen molar-refractivity contribution in [2.75, 3.05) is 29.7 Å². The van der Waals surface area contributed by atoms with Gasteiger partial charge in [-0.2, -0.15) is 0 Å². The molecule has 0 saturated carbocycles. The summed E-state index contributed by atoms with van der Waals surface area (Å²) in [6.07, 6.45) is 2.52. The Kier molecular flexibility index (Phi) is 6.72. The molecule has 7 heteroatoms. The van der Waals surface area contributed by atoms with Crippen molar-refractivity contribution < 1.29 is 8.95 Å². The van der Waals surface area contributed by atoms with Gasteiger partial charge in [0, 0.05) is 41.5 Å². The van der Waals surface area contributed by atoms with Crippen molar-refractivity contribution in [3.05, 3.63) is 11.9 Å². The molecule has 0 fully saturated rings. The van der Waals surface area contributed by atoms with E-state index in [1.165, 1.54) is 0 Å². The highest BCUT2D eigenvalue weighted by Crippen LogP contribution is 2.11. The van der Waals surface area contributed by atoms with Crippen LogP contribution in [0.2, 0.25) is 0 Å². The number of nitrogens with zero attached hydrogens (tertiary/aromatic N) is 2. The Bertz CT molecular complexity index is 428. The second-order valence-corrected chi connectivity index (χ2v) is 5.90. The quantitative estimate of drug-likeness (QED) is 0.745. The summed E-state index contributed by atoms with van der Waals surface area (Å²) in [5.41, 5.74) is 5.73. The molecule has 2 atom stereocenters.